The Morgan fingerprint density at radius 3 is 2.54 bits per heavy atom. The maximum Gasteiger partial charge on any atom is 0.424 e. The minimum absolute atomic E-state index is 0.0102. The summed E-state index contributed by atoms with van der Waals surface area (Å²) in [4.78, 5) is 3.68. The number of aliphatic hydroxyl groups is 1. The molecule has 0 saturated carbocycles. The van der Waals surface area contributed by atoms with Crippen LogP contribution < -0.4 is 5.32 Å². The fourth-order valence-corrected chi connectivity index (χ4v) is 2.64. The molecule has 1 aromatic heterocycles. The number of alkyl halides is 3. The lowest BCUT2D eigenvalue weighted by atomic mass is 9.97. The van der Waals surface area contributed by atoms with E-state index in [1.165, 1.54) is 24.0 Å². The van der Waals surface area contributed by atoms with Crippen molar-refractivity contribution >= 4 is 0 Å². The largest absolute Gasteiger partial charge is 0.424 e. The summed E-state index contributed by atoms with van der Waals surface area (Å²) in [6, 6.07) is 5.84. The van der Waals surface area contributed by atoms with E-state index in [0.717, 1.165) is 16.7 Å². The molecule has 1 atom stereocenters. The standard InChI is InChI=1S/C17H22F3N3O/c1-12-5-4-6-14(13(12)2)11-21-8-7-16(24,17(18,19)20)15-22-9-10-23(15)3/h4-6,9-10,21,24H,7-8,11H2,1-3H3/t16-/m1/s1. The third kappa shape index (κ3) is 3.62. The maximum atomic E-state index is 13.4. The quantitative estimate of drug-likeness (QED) is 0.794. The molecular weight excluding hydrogens is 319 g/mol. The molecule has 0 radical (unpaired) electrons. The second-order valence-corrected chi connectivity index (χ2v) is 6.01. The summed E-state index contributed by atoms with van der Waals surface area (Å²) in [5.41, 5.74) is 0.303. The van der Waals surface area contributed by atoms with E-state index in [4.69, 9.17) is 0 Å². The summed E-state index contributed by atoms with van der Waals surface area (Å²) < 4.78 is 41.3. The Bertz CT molecular complexity index is 697. The molecular formula is C17H22F3N3O. The number of rotatable bonds is 6. The fourth-order valence-electron chi connectivity index (χ4n) is 2.64. The third-order valence-corrected chi connectivity index (χ3v) is 4.36. The Kier molecular flexibility index (Phi) is 5.35. The van der Waals surface area contributed by atoms with Gasteiger partial charge in [0.25, 0.3) is 0 Å². The van der Waals surface area contributed by atoms with Crippen LogP contribution in [0.5, 0.6) is 0 Å². The monoisotopic (exact) mass is 341 g/mol. The topological polar surface area (TPSA) is 50.1 Å². The van der Waals surface area contributed by atoms with E-state index < -0.39 is 24.0 Å². The molecule has 0 fully saturated rings. The van der Waals surface area contributed by atoms with Gasteiger partial charge in [-0.25, -0.2) is 4.98 Å². The Hall–Kier alpha value is -1.86. The highest BCUT2D eigenvalue weighted by Gasteiger charge is 2.56. The van der Waals surface area contributed by atoms with Crippen LogP contribution in [0, 0.1) is 13.8 Å². The Balaban J connectivity index is 2.05. The lowest BCUT2D eigenvalue weighted by Gasteiger charge is -2.30. The van der Waals surface area contributed by atoms with Crippen LogP contribution in [0.15, 0.2) is 30.6 Å². The van der Waals surface area contributed by atoms with Gasteiger partial charge in [0.2, 0.25) is 5.60 Å². The van der Waals surface area contributed by atoms with Crippen molar-refractivity contribution in [1.29, 1.82) is 0 Å². The SMILES string of the molecule is Cc1cccc(CNCC[C@@](O)(c2nccn2C)C(F)(F)F)c1C. The predicted molar refractivity (Wildman–Crippen MR) is 85.4 cm³/mol. The molecule has 2 rings (SSSR count). The molecule has 24 heavy (non-hydrogen) atoms. The third-order valence-electron chi connectivity index (χ3n) is 4.36. The molecule has 0 aliphatic rings. The van der Waals surface area contributed by atoms with Gasteiger partial charge in [0.15, 0.2) is 0 Å². The molecule has 132 valence electrons. The number of nitrogens with one attached hydrogen (secondary N) is 1. The number of hydrogen-bond acceptors (Lipinski definition) is 3. The van der Waals surface area contributed by atoms with Gasteiger partial charge in [-0.3, -0.25) is 0 Å². The number of benzene rings is 1. The van der Waals surface area contributed by atoms with Crippen LogP contribution in [-0.2, 0) is 19.2 Å². The second kappa shape index (κ2) is 6.94. The summed E-state index contributed by atoms with van der Waals surface area (Å²) in [5, 5.41) is 13.2. The average Bonchev–Trinajstić information content (AvgIpc) is 2.93. The van der Waals surface area contributed by atoms with E-state index in [-0.39, 0.29) is 6.54 Å². The number of aromatic nitrogens is 2. The van der Waals surface area contributed by atoms with E-state index in [9.17, 15) is 18.3 Å². The first-order chi connectivity index (χ1) is 11.2. The fraction of sp³-hybridized carbons (Fsp3) is 0.471. The van der Waals surface area contributed by atoms with Crippen molar-refractivity contribution in [3.63, 3.8) is 0 Å². The summed E-state index contributed by atoms with van der Waals surface area (Å²) in [6.45, 7) is 4.42. The van der Waals surface area contributed by atoms with Gasteiger partial charge in [0, 0.05) is 32.4 Å². The van der Waals surface area contributed by atoms with Gasteiger partial charge in [0.1, 0.15) is 5.82 Å². The van der Waals surface area contributed by atoms with Gasteiger partial charge >= 0.3 is 6.18 Å². The Labute approximate surface area is 139 Å². The van der Waals surface area contributed by atoms with Crippen LogP contribution in [0.4, 0.5) is 13.2 Å². The molecule has 2 N–H and O–H groups in total. The van der Waals surface area contributed by atoms with Crippen LogP contribution in [0.1, 0.15) is 28.9 Å². The highest BCUT2D eigenvalue weighted by Crippen LogP contribution is 2.40. The normalized spacial score (nSPS) is 14.6. The van der Waals surface area contributed by atoms with Gasteiger partial charge in [0.05, 0.1) is 0 Å². The molecule has 4 nitrogen and oxygen atoms in total. The van der Waals surface area contributed by atoms with Crippen molar-refractivity contribution in [3.8, 4) is 0 Å². The minimum atomic E-state index is -4.80. The molecule has 0 saturated heterocycles. The Morgan fingerprint density at radius 1 is 1.25 bits per heavy atom. The smallest absolute Gasteiger partial charge is 0.374 e. The summed E-state index contributed by atoms with van der Waals surface area (Å²) >= 11 is 0. The highest BCUT2D eigenvalue weighted by molar-refractivity contribution is 5.32. The van der Waals surface area contributed by atoms with Crippen LogP contribution in [0.25, 0.3) is 0 Å². The number of nitrogens with zero attached hydrogens (tertiary/aromatic N) is 2. The summed E-state index contributed by atoms with van der Waals surface area (Å²) in [7, 11) is 1.43. The molecule has 0 amide bonds. The number of imidazole rings is 1. The zero-order valence-electron chi connectivity index (χ0n) is 14.0. The highest BCUT2D eigenvalue weighted by atomic mass is 19.4. The molecule has 2 aromatic rings. The molecule has 0 bridgehead atoms. The van der Waals surface area contributed by atoms with Crippen molar-refractivity contribution < 1.29 is 18.3 Å². The zero-order valence-corrected chi connectivity index (χ0v) is 14.0. The lowest BCUT2D eigenvalue weighted by Crippen LogP contribution is -2.46. The van der Waals surface area contributed by atoms with E-state index >= 15 is 0 Å². The van der Waals surface area contributed by atoms with E-state index in [2.05, 4.69) is 10.3 Å². The van der Waals surface area contributed by atoms with Crippen molar-refractivity contribution in [2.75, 3.05) is 6.54 Å². The van der Waals surface area contributed by atoms with Crippen LogP contribution >= 0.6 is 0 Å². The van der Waals surface area contributed by atoms with Crippen LogP contribution in [0.2, 0.25) is 0 Å². The van der Waals surface area contributed by atoms with Gasteiger partial charge < -0.3 is 15.0 Å². The Morgan fingerprint density at radius 2 is 1.96 bits per heavy atom. The first-order valence-corrected chi connectivity index (χ1v) is 7.69. The molecule has 0 aliphatic carbocycles. The molecule has 0 unspecified atom stereocenters. The predicted octanol–water partition coefficient (Wildman–Crippen LogP) is 2.97. The molecule has 7 heteroatoms. The van der Waals surface area contributed by atoms with Gasteiger partial charge in [-0.05, 0) is 37.1 Å². The lowest BCUT2D eigenvalue weighted by molar-refractivity contribution is -0.272. The molecule has 0 spiro atoms. The molecule has 0 aliphatic heterocycles. The number of hydrogen-bond donors (Lipinski definition) is 2. The van der Waals surface area contributed by atoms with Gasteiger partial charge in [-0.1, -0.05) is 18.2 Å². The van der Waals surface area contributed by atoms with Crippen LogP contribution in [-0.4, -0.2) is 27.4 Å². The number of halogens is 3. The van der Waals surface area contributed by atoms with Crippen molar-refractivity contribution in [2.45, 2.75) is 38.6 Å². The zero-order chi connectivity index (χ0) is 18.0. The van der Waals surface area contributed by atoms with Crippen molar-refractivity contribution in [3.05, 3.63) is 53.1 Å². The minimum Gasteiger partial charge on any atom is -0.374 e. The van der Waals surface area contributed by atoms with E-state index in [0.29, 0.717) is 6.54 Å². The van der Waals surface area contributed by atoms with Crippen molar-refractivity contribution in [1.82, 2.24) is 14.9 Å². The molecule has 1 heterocycles. The first-order valence-electron chi connectivity index (χ1n) is 7.69. The van der Waals surface area contributed by atoms with Crippen molar-refractivity contribution in [2.24, 2.45) is 7.05 Å². The van der Waals surface area contributed by atoms with E-state index in [1.54, 1.807) is 0 Å². The first kappa shape index (κ1) is 18.5. The summed E-state index contributed by atoms with van der Waals surface area (Å²) in [5.74, 6) is -0.400. The van der Waals surface area contributed by atoms with E-state index in [1.807, 2.05) is 32.0 Å². The molecule has 1 aromatic carbocycles. The summed E-state index contributed by atoms with van der Waals surface area (Å²) in [6.07, 6.45) is -2.68. The van der Waals surface area contributed by atoms with Gasteiger partial charge in [-0.2, -0.15) is 13.2 Å². The van der Waals surface area contributed by atoms with Crippen LogP contribution in [0.3, 0.4) is 0 Å². The average molecular weight is 341 g/mol. The second-order valence-electron chi connectivity index (χ2n) is 6.01. The maximum absolute atomic E-state index is 13.4. The van der Waals surface area contributed by atoms with Gasteiger partial charge in [-0.15, -0.1) is 0 Å². The number of aryl methyl sites for hydroxylation is 2.